The van der Waals surface area contributed by atoms with Crippen molar-refractivity contribution in [3.8, 4) is 0 Å². The average molecular weight is 427 g/mol. The van der Waals surface area contributed by atoms with Gasteiger partial charge in [0.2, 0.25) is 5.91 Å². The third-order valence-electron chi connectivity index (χ3n) is 5.07. The molecule has 1 atom stereocenters. The summed E-state index contributed by atoms with van der Waals surface area (Å²) in [4.78, 5) is 14.2. The number of carbonyl (C=O) groups excluding carboxylic acids is 1. The summed E-state index contributed by atoms with van der Waals surface area (Å²) in [6.07, 6.45) is 6.47. The van der Waals surface area contributed by atoms with E-state index >= 15 is 0 Å². The first-order chi connectivity index (χ1) is 14.0. The SMILES string of the molecule is O=C(CCCCCCCCC(O)CN1CCOCC1)NS(=O)(=O)c1ccccc1. The number of ether oxygens (including phenoxy) is 1. The zero-order valence-corrected chi connectivity index (χ0v) is 17.9. The van der Waals surface area contributed by atoms with Crippen LogP contribution < -0.4 is 4.72 Å². The van der Waals surface area contributed by atoms with Gasteiger partial charge in [0.15, 0.2) is 0 Å². The molecule has 0 spiro atoms. The summed E-state index contributed by atoms with van der Waals surface area (Å²) < 4.78 is 31.6. The number of unbranched alkanes of at least 4 members (excludes halogenated alkanes) is 5. The number of nitrogens with zero attached hydrogens (tertiary/aromatic N) is 1. The van der Waals surface area contributed by atoms with Crippen LogP contribution in [0.2, 0.25) is 0 Å². The van der Waals surface area contributed by atoms with Crippen LogP contribution in [0.4, 0.5) is 0 Å². The van der Waals surface area contributed by atoms with Crippen LogP contribution in [-0.4, -0.2) is 63.3 Å². The third kappa shape index (κ3) is 9.71. The van der Waals surface area contributed by atoms with Gasteiger partial charge in [-0.1, -0.05) is 50.3 Å². The van der Waals surface area contributed by atoms with Crippen LogP contribution in [0.5, 0.6) is 0 Å². The number of nitrogens with one attached hydrogen (secondary N) is 1. The Hall–Kier alpha value is -1.48. The Balaban J connectivity index is 1.47. The van der Waals surface area contributed by atoms with Gasteiger partial charge in [0.25, 0.3) is 10.0 Å². The second-order valence-corrected chi connectivity index (χ2v) is 9.25. The van der Waals surface area contributed by atoms with Crippen molar-refractivity contribution in [1.29, 1.82) is 0 Å². The lowest BCUT2D eigenvalue weighted by molar-refractivity contribution is -0.119. The third-order valence-corrected chi connectivity index (χ3v) is 6.45. The van der Waals surface area contributed by atoms with Crippen molar-refractivity contribution in [3.63, 3.8) is 0 Å². The number of rotatable bonds is 13. The zero-order valence-electron chi connectivity index (χ0n) is 17.1. The molecule has 0 aliphatic carbocycles. The van der Waals surface area contributed by atoms with E-state index in [0.717, 1.165) is 71.4 Å². The fourth-order valence-corrected chi connectivity index (χ4v) is 4.44. The molecular formula is C21H34N2O5S. The molecule has 1 aliphatic heterocycles. The van der Waals surface area contributed by atoms with Crippen molar-refractivity contribution in [2.24, 2.45) is 0 Å². The van der Waals surface area contributed by atoms with Crippen LogP contribution in [-0.2, 0) is 19.6 Å². The second kappa shape index (κ2) is 13.0. The molecule has 1 aromatic carbocycles. The highest BCUT2D eigenvalue weighted by Gasteiger charge is 2.17. The predicted octanol–water partition coefficient (Wildman–Crippen LogP) is 2.31. The fourth-order valence-electron chi connectivity index (χ4n) is 3.41. The summed E-state index contributed by atoms with van der Waals surface area (Å²) in [7, 11) is -3.77. The van der Waals surface area contributed by atoms with Crippen LogP contribution in [0.1, 0.15) is 51.4 Å². The van der Waals surface area contributed by atoms with E-state index in [2.05, 4.69) is 9.62 Å². The molecule has 2 N–H and O–H groups in total. The Kier molecular flexibility index (Phi) is 10.6. The zero-order chi connectivity index (χ0) is 21.0. The van der Waals surface area contributed by atoms with Crippen molar-refractivity contribution in [2.45, 2.75) is 62.4 Å². The molecule has 1 heterocycles. The number of β-amino-alcohol motifs (C(OH)–C–C–N with tert-alkyl or cyclic N) is 1. The van der Waals surface area contributed by atoms with E-state index in [1.165, 1.54) is 12.1 Å². The van der Waals surface area contributed by atoms with Crippen molar-refractivity contribution < 1.29 is 23.1 Å². The lowest BCUT2D eigenvalue weighted by Crippen LogP contribution is -2.40. The summed E-state index contributed by atoms with van der Waals surface area (Å²) >= 11 is 0. The number of aliphatic hydroxyl groups excluding tert-OH is 1. The maximum absolute atomic E-state index is 12.1. The van der Waals surface area contributed by atoms with Gasteiger partial charge < -0.3 is 9.84 Å². The molecule has 0 bridgehead atoms. The average Bonchev–Trinajstić information content (AvgIpc) is 2.71. The van der Waals surface area contributed by atoms with Gasteiger partial charge in [0.05, 0.1) is 24.2 Å². The molecule has 2 rings (SSSR count). The Morgan fingerprint density at radius 1 is 1.03 bits per heavy atom. The molecule has 1 saturated heterocycles. The fraction of sp³-hybridized carbons (Fsp3) is 0.667. The first-order valence-electron chi connectivity index (χ1n) is 10.6. The Morgan fingerprint density at radius 3 is 2.34 bits per heavy atom. The summed E-state index contributed by atoms with van der Waals surface area (Å²) in [5.41, 5.74) is 0. The summed E-state index contributed by atoms with van der Waals surface area (Å²) in [5.74, 6) is -0.458. The standard InChI is InChI=1S/C21H34N2O5S/c24-19(18-23-14-16-28-17-15-23)10-6-3-1-2-4-9-13-21(25)22-29(26,27)20-11-7-5-8-12-20/h5,7-8,11-12,19,24H,1-4,6,9-10,13-18H2,(H,22,25). The minimum atomic E-state index is -3.77. The highest BCUT2D eigenvalue weighted by Crippen LogP contribution is 2.12. The molecule has 164 valence electrons. The van der Waals surface area contributed by atoms with Gasteiger partial charge in [0, 0.05) is 26.1 Å². The van der Waals surface area contributed by atoms with Crippen molar-refractivity contribution in [2.75, 3.05) is 32.8 Å². The second-order valence-electron chi connectivity index (χ2n) is 7.57. The van der Waals surface area contributed by atoms with E-state index in [1.54, 1.807) is 18.2 Å². The molecule has 0 saturated carbocycles. The van der Waals surface area contributed by atoms with Crippen LogP contribution in [0.3, 0.4) is 0 Å². The monoisotopic (exact) mass is 426 g/mol. The molecule has 1 unspecified atom stereocenters. The number of morpholine rings is 1. The van der Waals surface area contributed by atoms with Gasteiger partial charge in [-0.2, -0.15) is 0 Å². The smallest absolute Gasteiger partial charge is 0.264 e. The molecule has 7 nitrogen and oxygen atoms in total. The lowest BCUT2D eigenvalue weighted by atomic mass is 10.1. The van der Waals surface area contributed by atoms with E-state index in [9.17, 15) is 18.3 Å². The summed E-state index contributed by atoms with van der Waals surface area (Å²) in [6, 6.07) is 7.91. The molecule has 1 fully saturated rings. The van der Waals surface area contributed by atoms with Gasteiger partial charge in [-0.3, -0.25) is 9.69 Å². The number of amides is 1. The highest BCUT2D eigenvalue weighted by molar-refractivity contribution is 7.90. The molecule has 8 heteroatoms. The van der Waals surface area contributed by atoms with Gasteiger partial charge in [0.1, 0.15) is 0 Å². The minimum Gasteiger partial charge on any atom is -0.392 e. The maximum Gasteiger partial charge on any atom is 0.264 e. The summed E-state index contributed by atoms with van der Waals surface area (Å²) in [5, 5.41) is 10.1. The van der Waals surface area contributed by atoms with Crippen LogP contribution in [0, 0.1) is 0 Å². The van der Waals surface area contributed by atoms with Gasteiger partial charge >= 0.3 is 0 Å². The Labute approximate surface area is 174 Å². The summed E-state index contributed by atoms with van der Waals surface area (Å²) in [6.45, 7) is 4.03. The van der Waals surface area contributed by atoms with Gasteiger partial charge in [-0.05, 0) is 25.0 Å². The van der Waals surface area contributed by atoms with E-state index in [-0.39, 0.29) is 17.4 Å². The number of hydrogen-bond donors (Lipinski definition) is 2. The van der Waals surface area contributed by atoms with Crippen LogP contribution >= 0.6 is 0 Å². The largest absolute Gasteiger partial charge is 0.392 e. The molecule has 1 aromatic rings. The highest BCUT2D eigenvalue weighted by atomic mass is 32.2. The Morgan fingerprint density at radius 2 is 1.66 bits per heavy atom. The molecular weight excluding hydrogens is 392 g/mol. The lowest BCUT2D eigenvalue weighted by Gasteiger charge is -2.28. The molecule has 1 aliphatic rings. The van der Waals surface area contributed by atoms with E-state index in [0.29, 0.717) is 6.42 Å². The first-order valence-corrected chi connectivity index (χ1v) is 12.0. The number of carbonyl (C=O) groups is 1. The van der Waals surface area contributed by atoms with Crippen molar-refractivity contribution >= 4 is 15.9 Å². The molecule has 29 heavy (non-hydrogen) atoms. The Bertz CT molecular complexity index is 690. The molecule has 0 aromatic heterocycles. The topological polar surface area (TPSA) is 95.9 Å². The number of hydrogen-bond acceptors (Lipinski definition) is 6. The maximum atomic E-state index is 12.1. The normalized spacial score (nSPS) is 16.4. The first kappa shape index (κ1) is 23.8. The van der Waals surface area contributed by atoms with E-state index in [1.807, 2.05) is 0 Å². The number of aliphatic hydroxyl groups is 1. The predicted molar refractivity (Wildman–Crippen MR) is 112 cm³/mol. The van der Waals surface area contributed by atoms with Gasteiger partial charge in [-0.25, -0.2) is 13.1 Å². The number of sulfonamides is 1. The molecule has 1 amide bonds. The van der Waals surface area contributed by atoms with E-state index in [4.69, 9.17) is 4.74 Å². The van der Waals surface area contributed by atoms with Crippen molar-refractivity contribution in [1.82, 2.24) is 9.62 Å². The number of benzene rings is 1. The van der Waals surface area contributed by atoms with Crippen molar-refractivity contribution in [3.05, 3.63) is 30.3 Å². The van der Waals surface area contributed by atoms with Crippen LogP contribution in [0.15, 0.2) is 35.2 Å². The molecule has 0 radical (unpaired) electrons. The van der Waals surface area contributed by atoms with Crippen LogP contribution in [0.25, 0.3) is 0 Å². The minimum absolute atomic E-state index is 0.101. The van der Waals surface area contributed by atoms with E-state index < -0.39 is 15.9 Å². The van der Waals surface area contributed by atoms with Gasteiger partial charge in [-0.15, -0.1) is 0 Å². The quantitative estimate of drug-likeness (QED) is 0.470.